The number of Topliss-reactive ketones (excluding diaryl/α,β-unsaturated/α-hetero) is 1. The van der Waals surface area contributed by atoms with E-state index in [-0.39, 0.29) is 23.5 Å². The van der Waals surface area contributed by atoms with Gasteiger partial charge in [-0.05, 0) is 6.92 Å². The fourth-order valence-electron chi connectivity index (χ4n) is 1.70. The van der Waals surface area contributed by atoms with Crippen molar-refractivity contribution in [2.75, 3.05) is 0 Å². The predicted molar refractivity (Wildman–Crippen MR) is 73.6 cm³/mol. The van der Waals surface area contributed by atoms with Gasteiger partial charge < -0.3 is 0 Å². The number of nitro groups is 1. The Bertz CT molecular complexity index is 612. The number of nitrogens with one attached hydrogen (secondary N) is 1. The number of carbonyl (C=O) groups is 1. The van der Waals surface area contributed by atoms with Gasteiger partial charge in [-0.2, -0.15) is 0 Å². The lowest BCUT2D eigenvalue weighted by Gasteiger charge is -2.12. The summed E-state index contributed by atoms with van der Waals surface area (Å²) in [6, 6.07) is 4.77. The van der Waals surface area contributed by atoms with Crippen molar-refractivity contribution in [3.05, 3.63) is 39.9 Å². The minimum Gasteiger partial charge on any atom is -0.298 e. The molecule has 1 rings (SSSR count). The second kappa shape index (κ2) is 6.58. The summed E-state index contributed by atoms with van der Waals surface area (Å²) >= 11 is 0. The Hall–Kier alpha value is -1.80. The van der Waals surface area contributed by atoms with Gasteiger partial charge in [0.05, 0.1) is 16.7 Å². The van der Waals surface area contributed by atoms with Crippen molar-refractivity contribution in [3.63, 3.8) is 0 Å². The second-order valence-electron chi connectivity index (χ2n) is 4.30. The van der Waals surface area contributed by atoms with Gasteiger partial charge in [-0.1, -0.05) is 25.1 Å². The van der Waals surface area contributed by atoms with Gasteiger partial charge in [-0.15, -0.1) is 0 Å². The molecule has 1 N–H and O–H groups in total. The Morgan fingerprint density at radius 1 is 1.40 bits per heavy atom. The highest BCUT2D eigenvalue weighted by Gasteiger charge is 2.23. The molecule has 0 amide bonds. The standard InChI is InChI=1S/C12H16N2O5S/c1-3-12(15)9(2)13-20(18,19)8-10-6-4-5-7-11(10)14(16)17/h4-7,9,13H,3,8H2,1-2H3. The van der Waals surface area contributed by atoms with Gasteiger partial charge in [0.25, 0.3) is 5.69 Å². The molecular weight excluding hydrogens is 284 g/mol. The number of nitrogens with zero attached hydrogens (tertiary/aromatic N) is 1. The molecule has 7 nitrogen and oxygen atoms in total. The van der Waals surface area contributed by atoms with Crippen molar-refractivity contribution in [2.45, 2.75) is 32.1 Å². The first-order valence-electron chi connectivity index (χ1n) is 6.02. The van der Waals surface area contributed by atoms with Gasteiger partial charge in [0.15, 0.2) is 0 Å². The van der Waals surface area contributed by atoms with E-state index >= 15 is 0 Å². The van der Waals surface area contributed by atoms with E-state index in [0.717, 1.165) is 0 Å². The van der Waals surface area contributed by atoms with Crippen LogP contribution in [0.1, 0.15) is 25.8 Å². The molecule has 0 saturated carbocycles. The van der Waals surface area contributed by atoms with Crippen LogP contribution in [0.4, 0.5) is 5.69 Å². The summed E-state index contributed by atoms with van der Waals surface area (Å²) in [7, 11) is -3.82. The highest BCUT2D eigenvalue weighted by Crippen LogP contribution is 2.19. The van der Waals surface area contributed by atoms with E-state index < -0.39 is 26.7 Å². The minimum absolute atomic E-state index is 0.0844. The fourth-order valence-corrected chi connectivity index (χ4v) is 3.11. The van der Waals surface area contributed by atoms with Crippen LogP contribution in [0, 0.1) is 10.1 Å². The molecule has 0 spiro atoms. The molecule has 1 unspecified atom stereocenters. The van der Waals surface area contributed by atoms with Crippen LogP contribution in [0.5, 0.6) is 0 Å². The maximum atomic E-state index is 11.9. The summed E-state index contributed by atoms with van der Waals surface area (Å²) in [6.07, 6.45) is 0.217. The molecule has 8 heteroatoms. The van der Waals surface area contributed by atoms with Crippen molar-refractivity contribution in [1.29, 1.82) is 0 Å². The maximum Gasteiger partial charge on any atom is 0.273 e. The molecule has 0 radical (unpaired) electrons. The van der Waals surface area contributed by atoms with Crippen molar-refractivity contribution >= 4 is 21.5 Å². The van der Waals surface area contributed by atoms with E-state index in [1.54, 1.807) is 6.92 Å². The smallest absolute Gasteiger partial charge is 0.273 e. The third-order valence-electron chi connectivity index (χ3n) is 2.72. The zero-order valence-electron chi connectivity index (χ0n) is 11.2. The molecule has 20 heavy (non-hydrogen) atoms. The summed E-state index contributed by atoms with van der Waals surface area (Å²) < 4.78 is 26.1. The number of para-hydroxylation sites is 1. The zero-order chi connectivity index (χ0) is 15.3. The van der Waals surface area contributed by atoms with E-state index in [9.17, 15) is 23.3 Å². The molecule has 110 valence electrons. The molecule has 0 fully saturated rings. The van der Waals surface area contributed by atoms with Crippen molar-refractivity contribution in [3.8, 4) is 0 Å². The van der Waals surface area contributed by atoms with Crippen LogP contribution in [-0.2, 0) is 20.6 Å². The second-order valence-corrected chi connectivity index (χ2v) is 6.06. The topological polar surface area (TPSA) is 106 Å². The average molecular weight is 300 g/mol. The Kier molecular flexibility index (Phi) is 5.34. The highest BCUT2D eigenvalue weighted by atomic mass is 32.2. The third kappa shape index (κ3) is 4.39. The number of sulfonamides is 1. The van der Waals surface area contributed by atoms with Crippen LogP contribution < -0.4 is 4.72 Å². The van der Waals surface area contributed by atoms with Crippen LogP contribution in [0.25, 0.3) is 0 Å². The maximum absolute atomic E-state index is 11.9. The summed E-state index contributed by atoms with van der Waals surface area (Å²) in [6.45, 7) is 3.08. The van der Waals surface area contributed by atoms with E-state index in [0.29, 0.717) is 0 Å². The van der Waals surface area contributed by atoms with Crippen LogP contribution in [-0.4, -0.2) is 25.2 Å². The SMILES string of the molecule is CCC(=O)C(C)NS(=O)(=O)Cc1ccccc1[N+](=O)[O-]. The van der Waals surface area contributed by atoms with Crippen LogP contribution >= 0.6 is 0 Å². The first-order valence-corrected chi connectivity index (χ1v) is 7.67. The van der Waals surface area contributed by atoms with Crippen LogP contribution in [0.15, 0.2) is 24.3 Å². The molecule has 0 aliphatic heterocycles. The lowest BCUT2D eigenvalue weighted by molar-refractivity contribution is -0.385. The quantitative estimate of drug-likeness (QED) is 0.604. The molecule has 0 aliphatic rings. The number of rotatable bonds is 7. The summed E-state index contributed by atoms with van der Waals surface area (Å²) in [4.78, 5) is 21.6. The first-order chi connectivity index (χ1) is 9.26. The number of hydrogen-bond acceptors (Lipinski definition) is 5. The molecule has 0 bridgehead atoms. The molecule has 0 aromatic heterocycles. The molecule has 0 aliphatic carbocycles. The van der Waals surface area contributed by atoms with Gasteiger partial charge >= 0.3 is 0 Å². The summed E-state index contributed by atoms with van der Waals surface area (Å²) in [5, 5.41) is 10.8. The molecule has 1 aromatic rings. The molecular formula is C12H16N2O5S. The number of carbonyl (C=O) groups excluding carboxylic acids is 1. The lowest BCUT2D eigenvalue weighted by atomic mass is 10.2. The number of nitro benzene ring substituents is 1. The molecule has 0 saturated heterocycles. The fraction of sp³-hybridized carbons (Fsp3) is 0.417. The number of ketones is 1. The van der Waals surface area contributed by atoms with E-state index in [4.69, 9.17) is 0 Å². The lowest BCUT2D eigenvalue weighted by Crippen LogP contribution is -2.38. The van der Waals surface area contributed by atoms with Crippen molar-refractivity contribution in [2.24, 2.45) is 0 Å². The number of hydrogen-bond donors (Lipinski definition) is 1. The van der Waals surface area contributed by atoms with E-state index in [1.165, 1.54) is 31.2 Å². The Morgan fingerprint density at radius 3 is 2.55 bits per heavy atom. The van der Waals surface area contributed by atoms with Crippen LogP contribution in [0.3, 0.4) is 0 Å². The normalized spacial score (nSPS) is 12.9. The van der Waals surface area contributed by atoms with Crippen molar-refractivity contribution < 1.29 is 18.1 Å². The molecule has 1 aromatic carbocycles. The largest absolute Gasteiger partial charge is 0.298 e. The zero-order valence-corrected chi connectivity index (χ0v) is 12.0. The molecule has 1 atom stereocenters. The van der Waals surface area contributed by atoms with Gasteiger partial charge in [0.2, 0.25) is 10.0 Å². The summed E-state index contributed by atoms with van der Waals surface area (Å²) in [5.74, 6) is -0.776. The van der Waals surface area contributed by atoms with Crippen LogP contribution in [0.2, 0.25) is 0 Å². The molecule has 0 heterocycles. The Morgan fingerprint density at radius 2 is 2.00 bits per heavy atom. The minimum atomic E-state index is -3.82. The summed E-state index contributed by atoms with van der Waals surface area (Å²) in [5.41, 5.74) is -0.173. The number of benzene rings is 1. The average Bonchev–Trinajstić information content (AvgIpc) is 2.36. The van der Waals surface area contributed by atoms with E-state index in [1.807, 2.05) is 0 Å². The van der Waals surface area contributed by atoms with Gasteiger partial charge in [0, 0.05) is 18.1 Å². The monoisotopic (exact) mass is 300 g/mol. The third-order valence-corrected chi connectivity index (χ3v) is 4.13. The van der Waals surface area contributed by atoms with E-state index in [2.05, 4.69) is 4.72 Å². The van der Waals surface area contributed by atoms with Gasteiger partial charge in [-0.25, -0.2) is 13.1 Å². The predicted octanol–water partition coefficient (Wildman–Crippen LogP) is 1.38. The van der Waals surface area contributed by atoms with Gasteiger partial charge in [0.1, 0.15) is 5.78 Å². The van der Waals surface area contributed by atoms with Gasteiger partial charge in [-0.3, -0.25) is 14.9 Å². The van der Waals surface area contributed by atoms with Crippen molar-refractivity contribution in [1.82, 2.24) is 4.72 Å². The Balaban J connectivity index is 2.92. The first kappa shape index (κ1) is 16.3. The highest BCUT2D eigenvalue weighted by molar-refractivity contribution is 7.88. The Labute approximate surface area is 117 Å².